The summed E-state index contributed by atoms with van der Waals surface area (Å²) in [5.41, 5.74) is 0.667. The molecule has 114 valence electrons. The van der Waals surface area contributed by atoms with E-state index in [0.29, 0.717) is 5.52 Å². The van der Waals surface area contributed by atoms with Gasteiger partial charge in [-0.15, -0.1) is 0 Å². The summed E-state index contributed by atoms with van der Waals surface area (Å²) >= 11 is 0.787. The molecule has 0 saturated carbocycles. The zero-order chi connectivity index (χ0) is 15.9. The van der Waals surface area contributed by atoms with E-state index in [-0.39, 0.29) is 21.5 Å². The van der Waals surface area contributed by atoms with Gasteiger partial charge in [-0.25, -0.2) is 4.98 Å². The Hall–Kier alpha value is -2.49. The van der Waals surface area contributed by atoms with Crippen LogP contribution >= 0.6 is 11.8 Å². The summed E-state index contributed by atoms with van der Waals surface area (Å²) in [6.07, 6.45) is 1.26. The molecular formula is C12H9F2N5O2S. The lowest BCUT2D eigenvalue weighted by atomic mass is 10.3. The lowest BCUT2D eigenvalue weighted by molar-refractivity contribution is -0.392. The van der Waals surface area contributed by atoms with Gasteiger partial charge in [0.2, 0.25) is 6.33 Å². The molecule has 3 rings (SSSR count). The molecule has 10 heteroatoms. The van der Waals surface area contributed by atoms with Gasteiger partial charge in [0.1, 0.15) is 0 Å². The number of hydrogen-bond donors (Lipinski definition) is 0. The minimum Gasteiger partial charge on any atom is -0.358 e. The molecule has 2 aromatic heterocycles. The van der Waals surface area contributed by atoms with Crippen LogP contribution < -0.4 is 0 Å². The summed E-state index contributed by atoms with van der Waals surface area (Å²) in [4.78, 5) is 18.1. The third-order valence-corrected chi connectivity index (χ3v) is 4.12. The van der Waals surface area contributed by atoms with Crippen molar-refractivity contribution in [3.63, 3.8) is 0 Å². The second kappa shape index (κ2) is 5.37. The highest BCUT2D eigenvalue weighted by molar-refractivity contribution is 7.99. The fourth-order valence-corrected chi connectivity index (χ4v) is 3.02. The fraction of sp³-hybridized carbons (Fsp3) is 0.167. The van der Waals surface area contributed by atoms with Gasteiger partial charge in [-0.2, -0.15) is 8.78 Å². The predicted octanol–water partition coefficient (Wildman–Crippen LogP) is 3.22. The molecule has 0 aliphatic carbocycles. The molecule has 0 fully saturated rings. The maximum absolute atomic E-state index is 13.3. The lowest BCUT2D eigenvalue weighted by Gasteiger charge is -2.07. The highest BCUT2D eigenvalue weighted by Crippen LogP contribution is 2.36. The number of para-hydroxylation sites is 2. The van der Waals surface area contributed by atoms with E-state index in [1.807, 2.05) is 0 Å². The molecule has 3 aromatic rings. The van der Waals surface area contributed by atoms with Crippen molar-refractivity contribution in [1.82, 2.24) is 19.1 Å². The van der Waals surface area contributed by atoms with Crippen LogP contribution in [0, 0.1) is 10.1 Å². The number of nitro groups is 1. The average molecular weight is 325 g/mol. The third kappa shape index (κ3) is 2.30. The van der Waals surface area contributed by atoms with Crippen LogP contribution in [0.25, 0.3) is 11.0 Å². The van der Waals surface area contributed by atoms with Crippen LogP contribution in [0.4, 0.5) is 14.6 Å². The van der Waals surface area contributed by atoms with Crippen molar-refractivity contribution >= 4 is 28.6 Å². The van der Waals surface area contributed by atoms with Crippen molar-refractivity contribution in [2.45, 2.75) is 16.7 Å². The van der Waals surface area contributed by atoms with Crippen LogP contribution in [0.3, 0.4) is 0 Å². The molecule has 0 bridgehead atoms. The standard InChI is InChI=1S/C12H9F2N5O2S/c1-17-6-15-9(19(20)21)10(17)22-12-16-7-4-2-3-5-8(7)18(12)11(13)14/h2-6,11H,1H3. The normalized spacial score (nSPS) is 11.5. The second-order valence-electron chi connectivity index (χ2n) is 4.37. The Morgan fingerprint density at radius 1 is 1.36 bits per heavy atom. The maximum atomic E-state index is 13.3. The first-order valence-corrected chi connectivity index (χ1v) is 6.89. The molecule has 0 N–H and O–H groups in total. The number of imidazole rings is 2. The zero-order valence-corrected chi connectivity index (χ0v) is 12.0. The summed E-state index contributed by atoms with van der Waals surface area (Å²) in [7, 11) is 1.55. The first-order valence-electron chi connectivity index (χ1n) is 6.07. The first kappa shape index (κ1) is 14.4. The number of aryl methyl sites for hydroxylation is 1. The van der Waals surface area contributed by atoms with Crippen molar-refractivity contribution in [1.29, 1.82) is 0 Å². The van der Waals surface area contributed by atoms with Crippen molar-refractivity contribution in [2.75, 3.05) is 0 Å². The van der Waals surface area contributed by atoms with Crippen molar-refractivity contribution in [2.24, 2.45) is 7.05 Å². The highest BCUT2D eigenvalue weighted by Gasteiger charge is 2.25. The summed E-state index contributed by atoms with van der Waals surface area (Å²) < 4.78 is 28.8. The van der Waals surface area contributed by atoms with Crippen LogP contribution in [-0.2, 0) is 7.05 Å². The Morgan fingerprint density at radius 3 is 2.77 bits per heavy atom. The molecule has 0 unspecified atom stereocenters. The third-order valence-electron chi connectivity index (χ3n) is 2.98. The molecule has 0 saturated heterocycles. The van der Waals surface area contributed by atoms with Crippen LogP contribution in [0.15, 0.2) is 40.8 Å². The van der Waals surface area contributed by atoms with Crippen molar-refractivity contribution < 1.29 is 13.7 Å². The van der Waals surface area contributed by atoms with E-state index in [2.05, 4.69) is 9.97 Å². The minimum absolute atomic E-state index is 0.0251. The second-order valence-corrected chi connectivity index (χ2v) is 5.33. The number of rotatable bonds is 4. The van der Waals surface area contributed by atoms with Crippen LogP contribution in [-0.4, -0.2) is 24.0 Å². The minimum atomic E-state index is -2.80. The van der Waals surface area contributed by atoms with Gasteiger partial charge in [-0.3, -0.25) is 4.57 Å². The van der Waals surface area contributed by atoms with Gasteiger partial charge in [0.25, 0.3) is 0 Å². The summed E-state index contributed by atoms with van der Waals surface area (Å²) in [6.45, 7) is -2.80. The van der Waals surface area contributed by atoms with Crippen LogP contribution in [0.2, 0.25) is 0 Å². The number of benzene rings is 1. The predicted molar refractivity (Wildman–Crippen MR) is 75.0 cm³/mol. The number of hydrogen-bond acceptors (Lipinski definition) is 5. The van der Waals surface area contributed by atoms with Crippen LogP contribution in [0.5, 0.6) is 0 Å². The summed E-state index contributed by atoms with van der Waals surface area (Å²) in [6, 6.07) is 6.45. The molecule has 0 spiro atoms. The van der Waals surface area contributed by atoms with E-state index in [0.717, 1.165) is 16.3 Å². The van der Waals surface area contributed by atoms with E-state index in [4.69, 9.17) is 0 Å². The number of fused-ring (bicyclic) bond motifs is 1. The number of halogens is 2. The molecule has 0 aliphatic rings. The van der Waals surface area contributed by atoms with Gasteiger partial charge in [-0.1, -0.05) is 12.1 Å². The monoisotopic (exact) mass is 325 g/mol. The SMILES string of the molecule is Cn1cnc([N+](=O)[O-])c1Sc1nc2ccccc2n1C(F)F. The largest absolute Gasteiger partial charge is 0.396 e. The highest BCUT2D eigenvalue weighted by atomic mass is 32.2. The zero-order valence-electron chi connectivity index (χ0n) is 11.2. The Morgan fingerprint density at radius 2 is 2.09 bits per heavy atom. The van der Waals surface area contributed by atoms with Gasteiger partial charge in [0.15, 0.2) is 10.2 Å². The molecule has 2 heterocycles. The molecule has 22 heavy (non-hydrogen) atoms. The van der Waals surface area contributed by atoms with E-state index in [1.165, 1.54) is 17.0 Å². The van der Waals surface area contributed by atoms with Crippen molar-refractivity contribution in [3.05, 3.63) is 40.7 Å². The average Bonchev–Trinajstić information content (AvgIpc) is 3.00. The van der Waals surface area contributed by atoms with Crippen LogP contribution in [0.1, 0.15) is 6.55 Å². The number of aromatic nitrogens is 4. The van der Waals surface area contributed by atoms with Gasteiger partial charge >= 0.3 is 12.4 Å². The molecule has 1 aromatic carbocycles. The van der Waals surface area contributed by atoms with E-state index < -0.39 is 11.5 Å². The fourth-order valence-electron chi connectivity index (χ4n) is 2.02. The van der Waals surface area contributed by atoms with Gasteiger partial charge in [-0.05, 0) is 33.8 Å². The Labute approximate surface area is 126 Å². The smallest absolute Gasteiger partial charge is 0.358 e. The molecule has 7 nitrogen and oxygen atoms in total. The maximum Gasteiger partial charge on any atom is 0.396 e. The van der Waals surface area contributed by atoms with Gasteiger partial charge in [0.05, 0.1) is 11.0 Å². The molecular weight excluding hydrogens is 316 g/mol. The molecule has 0 amide bonds. The molecule has 0 radical (unpaired) electrons. The number of nitrogens with zero attached hydrogens (tertiary/aromatic N) is 5. The molecule has 0 aliphatic heterocycles. The Balaban J connectivity index is 2.14. The summed E-state index contributed by atoms with van der Waals surface area (Å²) in [5.74, 6) is -0.389. The topological polar surface area (TPSA) is 78.8 Å². The quantitative estimate of drug-likeness (QED) is 0.543. The van der Waals surface area contributed by atoms with Gasteiger partial charge in [0, 0.05) is 7.05 Å². The summed E-state index contributed by atoms with van der Waals surface area (Å²) in [5, 5.41) is 11.1. The van der Waals surface area contributed by atoms with E-state index >= 15 is 0 Å². The van der Waals surface area contributed by atoms with Gasteiger partial charge < -0.3 is 14.7 Å². The molecule has 0 atom stereocenters. The van der Waals surface area contributed by atoms with E-state index in [1.54, 1.807) is 25.2 Å². The van der Waals surface area contributed by atoms with Crippen molar-refractivity contribution in [3.8, 4) is 0 Å². The lowest BCUT2D eigenvalue weighted by Crippen LogP contribution is -2.01. The first-order chi connectivity index (χ1) is 10.5. The van der Waals surface area contributed by atoms with E-state index in [9.17, 15) is 18.9 Å². The Bertz CT molecular complexity index is 860. The number of alkyl halides is 2. The Kier molecular flexibility index (Phi) is 3.53.